The van der Waals surface area contributed by atoms with Gasteiger partial charge >= 0.3 is 0 Å². The zero-order chi connectivity index (χ0) is 13.1. The van der Waals surface area contributed by atoms with Crippen molar-refractivity contribution in [3.8, 4) is 0 Å². The second-order valence-corrected chi connectivity index (χ2v) is 6.53. The fourth-order valence-corrected chi connectivity index (χ4v) is 3.74. The summed E-state index contributed by atoms with van der Waals surface area (Å²) in [7, 11) is 0. The van der Waals surface area contributed by atoms with E-state index in [1.165, 1.54) is 59.2 Å². The molecule has 3 N–H and O–H groups in total. The highest BCUT2D eigenvalue weighted by Crippen LogP contribution is 2.32. The average molecular weight is 274 g/mol. The molecule has 2 nitrogen and oxygen atoms in total. The van der Waals surface area contributed by atoms with Crippen molar-refractivity contribution < 1.29 is 0 Å². The Morgan fingerprint density at radius 1 is 1.21 bits per heavy atom. The predicted molar refractivity (Wildman–Crippen MR) is 83.7 cm³/mol. The lowest BCUT2D eigenvalue weighted by Crippen LogP contribution is -2.17. The molecule has 3 rings (SSSR count). The van der Waals surface area contributed by atoms with Gasteiger partial charge in [0.1, 0.15) is 0 Å². The van der Waals surface area contributed by atoms with Crippen LogP contribution in [0.2, 0.25) is 0 Å². The third-order valence-corrected chi connectivity index (χ3v) is 5.07. The Morgan fingerprint density at radius 3 is 2.84 bits per heavy atom. The highest BCUT2D eigenvalue weighted by molar-refractivity contribution is 7.19. The number of nitrogens with two attached hydrogens (primary N) is 1. The second-order valence-electron chi connectivity index (χ2n) is 5.39. The van der Waals surface area contributed by atoms with Gasteiger partial charge < -0.3 is 11.1 Å². The van der Waals surface area contributed by atoms with Crippen LogP contribution in [0.3, 0.4) is 0 Å². The number of thiophene rings is 1. The minimum absolute atomic E-state index is 0.676. The average Bonchev–Trinajstić information content (AvgIpc) is 3.19. The minimum Gasteiger partial charge on any atom is -0.326 e. The molecule has 0 radical (unpaired) electrons. The molecule has 3 heteroatoms. The van der Waals surface area contributed by atoms with Crippen LogP contribution in [0.15, 0.2) is 24.3 Å². The van der Waals surface area contributed by atoms with E-state index in [0.29, 0.717) is 6.54 Å². The van der Waals surface area contributed by atoms with Crippen molar-refractivity contribution in [3.63, 3.8) is 0 Å². The van der Waals surface area contributed by atoms with E-state index in [0.717, 1.165) is 6.04 Å². The molecule has 1 aromatic carbocycles. The first-order valence-corrected chi connectivity index (χ1v) is 8.13. The fraction of sp³-hybridized carbons (Fsp3) is 0.500. The molecule has 0 spiro atoms. The Kier molecular flexibility index (Phi) is 4.16. The lowest BCUT2D eigenvalue weighted by Gasteiger charge is -2.04. The lowest BCUT2D eigenvalue weighted by molar-refractivity contribution is 0.620. The molecule has 0 aliphatic heterocycles. The normalized spacial score (nSPS) is 15.2. The zero-order valence-corrected chi connectivity index (χ0v) is 12.1. The van der Waals surface area contributed by atoms with Crippen molar-refractivity contribution >= 4 is 21.4 Å². The molecule has 0 saturated heterocycles. The Balaban J connectivity index is 1.61. The number of hydrogen-bond acceptors (Lipinski definition) is 3. The molecule has 2 aromatic rings. The molecule has 1 saturated carbocycles. The van der Waals surface area contributed by atoms with Crippen LogP contribution in [0.25, 0.3) is 10.1 Å². The first-order chi connectivity index (χ1) is 9.38. The summed E-state index contributed by atoms with van der Waals surface area (Å²) in [5.41, 5.74) is 7.39. The summed E-state index contributed by atoms with van der Waals surface area (Å²) < 4.78 is 1.38. The van der Waals surface area contributed by atoms with Crippen LogP contribution >= 0.6 is 11.3 Å². The number of unbranched alkanes of at least 4 members (excludes halogenated alkanes) is 1. The van der Waals surface area contributed by atoms with Gasteiger partial charge in [-0.2, -0.15) is 0 Å². The maximum absolute atomic E-state index is 5.89. The van der Waals surface area contributed by atoms with Crippen molar-refractivity contribution in [1.29, 1.82) is 0 Å². The fourth-order valence-electron chi connectivity index (χ4n) is 2.61. The van der Waals surface area contributed by atoms with E-state index in [9.17, 15) is 0 Å². The number of nitrogens with one attached hydrogen (secondary N) is 1. The molecule has 0 bridgehead atoms. The summed E-state index contributed by atoms with van der Waals surface area (Å²) in [6.07, 6.45) is 6.46. The summed E-state index contributed by atoms with van der Waals surface area (Å²) >= 11 is 1.86. The van der Waals surface area contributed by atoms with Gasteiger partial charge in [0.2, 0.25) is 0 Å². The molecule has 1 aliphatic carbocycles. The maximum atomic E-state index is 5.89. The quantitative estimate of drug-likeness (QED) is 0.759. The minimum atomic E-state index is 0.676. The van der Waals surface area contributed by atoms with Crippen LogP contribution in [-0.2, 0) is 13.0 Å². The van der Waals surface area contributed by atoms with Gasteiger partial charge in [-0.05, 0) is 55.7 Å². The van der Waals surface area contributed by atoms with Crippen molar-refractivity contribution in [1.82, 2.24) is 5.32 Å². The molecule has 1 heterocycles. The number of benzene rings is 1. The van der Waals surface area contributed by atoms with E-state index in [1.807, 2.05) is 11.3 Å². The molecule has 1 fully saturated rings. The first-order valence-electron chi connectivity index (χ1n) is 7.31. The number of rotatable bonds is 7. The van der Waals surface area contributed by atoms with Crippen LogP contribution < -0.4 is 11.1 Å². The molecule has 0 amide bonds. The van der Waals surface area contributed by atoms with Gasteiger partial charge in [0, 0.05) is 22.2 Å². The molecule has 0 atom stereocenters. The van der Waals surface area contributed by atoms with E-state index < -0.39 is 0 Å². The van der Waals surface area contributed by atoms with Gasteiger partial charge in [0.15, 0.2) is 0 Å². The van der Waals surface area contributed by atoms with Gasteiger partial charge in [0.25, 0.3) is 0 Å². The van der Waals surface area contributed by atoms with Crippen molar-refractivity contribution in [2.24, 2.45) is 5.73 Å². The Hall–Kier alpha value is -0.900. The van der Waals surface area contributed by atoms with Crippen LogP contribution in [0.4, 0.5) is 0 Å². The SMILES string of the molecule is NCc1sc2ccccc2c1CCCCNC1CC1. The maximum Gasteiger partial charge on any atom is 0.0349 e. The van der Waals surface area contributed by atoms with Gasteiger partial charge in [-0.3, -0.25) is 0 Å². The van der Waals surface area contributed by atoms with Gasteiger partial charge in [-0.1, -0.05) is 18.2 Å². The third-order valence-electron chi connectivity index (χ3n) is 3.83. The molecule has 1 aliphatic rings. The second kappa shape index (κ2) is 6.04. The molecular weight excluding hydrogens is 252 g/mol. The highest BCUT2D eigenvalue weighted by atomic mass is 32.1. The van der Waals surface area contributed by atoms with Crippen molar-refractivity contribution in [2.45, 2.75) is 44.7 Å². The highest BCUT2D eigenvalue weighted by Gasteiger charge is 2.19. The summed E-state index contributed by atoms with van der Waals surface area (Å²) in [6.45, 7) is 1.85. The van der Waals surface area contributed by atoms with E-state index >= 15 is 0 Å². The van der Waals surface area contributed by atoms with E-state index in [1.54, 1.807) is 0 Å². The van der Waals surface area contributed by atoms with Crippen molar-refractivity contribution in [3.05, 3.63) is 34.7 Å². The van der Waals surface area contributed by atoms with Crippen molar-refractivity contribution in [2.75, 3.05) is 6.54 Å². The van der Waals surface area contributed by atoms with Gasteiger partial charge in [0.05, 0.1) is 0 Å². The standard InChI is InChI=1S/C16H22N2S/c17-11-16-14(6-3-4-10-18-12-8-9-12)13-5-1-2-7-15(13)19-16/h1-2,5,7,12,18H,3-4,6,8-11,17H2. The van der Waals surface area contributed by atoms with E-state index in [2.05, 4.69) is 29.6 Å². The number of fused-ring (bicyclic) bond motifs is 1. The molecular formula is C16H22N2S. The molecule has 0 unspecified atom stereocenters. The number of hydrogen-bond donors (Lipinski definition) is 2. The summed E-state index contributed by atoms with van der Waals surface area (Å²) in [5, 5.41) is 5.00. The van der Waals surface area contributed by atoms with Crippen LogP contribution in [0.5, 0.6) is 0 Å². The zero-order valence-electron chi connectivity index (χ0n) is 11.3. The van der Waals surface area contributed by atoms with Crippen LogP contribution in [0.1, 0.15) is 36.1 Å². The van der Waals surface area contributed by atoms with E-state index in [-0.39, 0.29) is 0 Å². The Bertz CT molecular complexity index is 543. The Labute approximate surface area is 119 Å². The van der Waals surface area contributed by atoms with Crippen LogP contribution in [0, 0.1) is 0 Å². The Morgan fingerprint density at radius 2 is 2.05 bits per heavy atom. The van der Waals surface area contributed by atoms with Gasteiger partial charge in [-0.25, -0.2) is 0 Å². The largest absolute Gasteiger partial charge is 0.326 e. The monoisotopic (exact) mass is 274 g/mol. The molecule has 1 aromatic heterocycles. The summed E-state index contributed by atoms with van der Waals surface area (Å²) in [4.78, 5) is 1.37. The van der Waals surface area contributed by atoms with Crippen LogP contribution in [-0.4, -0.2) is 12.6 Å². The van der Waals surface area contributed by atoms with Gasteiger partial charge in [-0.15, -0.1) is 11.3 Å². The number of aryl methyl sites for hydroxylation is 1. The lowest BCUT2D eigenvalue weighted by atomic mass is 10.0. The summed E-state index contributed by atoms with van der Waals surface area (Å²) in [6, 6.07) is 9.53. The molecule has 102 valence electrons. The molecule has 19 heavy (non-hydrogen) atoms. The predicted octanol–water partition coefficient (Wildman–Crippen LogP) is 3.43. The van der Waals surface area contributed by atoms with E-state index in [4.69, 9.17) is 5.73 Å². The first kappa shape index (κ1) is 13.1. The topological polar surface area (TPSA) is 38.0 Å². The summed E-state index contributed by atoms with van der Waals surface area (Å²) in [5.74, 6) is 0. The smallest absolute Gasteiger partial charge is 0.0349 e. The third kappa shape index (κ3) is 3.16.